The fraction of sp³-hybridized carbons (Fsp3) is 0.860. The molecule has 8 aliphatic rings. The van der Waals surface area contributed by atoms with Crippen molar-refractivity contribution in [2.45, 2.75) is 268 Å². The number of nitrogens with two attached hydrogens (primary N) is 1. The maximum atomic E-state index is 12.6. The van der Waals surface area contributed by atoms with Gasteiger partial charge in [0.1, 0.15) is 122 Å². The van der Waals surface area contributed by atoms with Crippen molar-refractivity contribution in [3.63, 3.8) is 0 Å². The number of ether oxygens (including phenoxy) is 16. The summed E-state index contributed by atoms with van der Waals surface area (Å²) in [5, 5.41) is 197. The molecule has 42 nitrogen and oxygen atoms in total. The molecule has 8 fully saturated rings. The van der Waals surface area contributed by atoms with Crippen molar-refractivity contribution in [2.24, 2.45) is 5.73 Å². The average Bonchev–Trinajstić information content (AvgIpc) is 0.789. The van der Waals surface area contributed by atoms with Crippen molar-refractivity contribution in [1.82, 2.24) is 21.3 Å². The fourth-order valence-corrected chi connectivity index (χ4v) is 12.1. The van der Waals surface area contributed by atoms with Crippen LogP contribution in [0.3, 0.4) is 0 Å². The van der Waals surface area contributed by atoms with Gasteiger partial charge in [-0.1, -0.05) is 0 Å². The van der Waals surface area contributed by atoms with Crippen LogP contribution in [0, 0.1) is 26.4 Å². The number of unbranched alkanes of at least 4 members (excludes halogenated alkanes) is 2. The standard InChI is InChI=1S/C57H93N5O37.4Na/c1-18(67)59-30-39(76)34(71)22(10-63)89-50(30)93-27-15-86-55(44(81)36(27)73)97-48-24(12-65)91-52(32(41(48)78)61-20(3)69)95-29-17-88-57(46(83)38(29)75)99-49-25(13-66)92-53(33(42(49)79)62-21(4)70)96-28-16-87-56(45(82)37(28)74)98-47-23(11-64)90-51(31(40(47)77)60-19(2)68)94-26-14-85-54(43(80)35(26)72)84-9-7-5-6-8-58;;;;/h14-17,22-57,63-66,71-83H,5-13,58H2,1-4H3,(H,59,67)(H,60,68)(H,61,69)(H,62,70);;;;/q-4;4*+1/t22?,23?,24?,25?,26-,27-,28-,29-,30?,31?,32?,33?,34-,35-,36-,37-,38-,39-,40-,41-,42-,43?,44?,45?,46?,47-,48-,49-,50-,51-,52-,53-,54-,55+,56+,57+;;;;/m1..../s1. The van der Waals surface area contributed by atoms with Gasteiger partial charge in [0.05, 0.1) is 50.8 Å². The molecular formula is C57H93N5Na4O37. The number of amides is 4. The number of hydrogen-bond donors (Lipinski definition) is 22. The number of aliphatic hydroxyl groups excluding tert-OH is 17. The first-order valence-corrected chi connectivity index (χ1v) is 31.9. The fourth-order valence-electron chi connectivity index (χ4n) is 12.1. The number of aliphatic hydroxyl groups is 17. The first-order valence-electron chi connectivity index (χ1n) is 31.9. The van der Waals surface area contributed by atoms with Gasteiger partial charge in [-0.05, 0) is 50.2 Å². The zero-order chi connectivity index (χ0) is 72.4. The Balaban J connectivity index is 0.00000562. The summed E-state index contributed by atoms with van der Waals surface area (Å²) in [5.74, 6) is -3.03. The van der Waals surface area contributed by atoms with Gasteiger partial charge >= 0.3 is 118 Å². The zero-order valence-electron chi connectivity index (χ0n) is 57.8. The number of nitrogens with one attached hydrogen (secondary N) is 4. The molecule has 46 heteroatoms. The van der Waals surface area contributed by atoms with E-state index in [9.17, 15) is 106 Å². The summed E-state index contributed by atoms with van der Waals surface area (Å²) in [6.07, 6.45) is -55.0. The monoisotopic (exact) mass is 1530 g/mol. The smallest absolute Gasteiger partial charge is 0.525 e. The number of carbonyl (C=O) groups is 4. The third-order valence-corrected chi connectivity index (χ3v) is 17.3. The summed E-state index contributed by atoms with van der Waals surface area (Å²) in [6, 6.07) is -6.39. The number of rotatable bonds is 28. The Morgan fingerprint density at radius 3 is 0.864 bits per heavy atom. The Bertz CT molecular complexity index is 2560. The molecule has 0 saturated carbocycles. The molecule has 8 heterocycles. The summed E-state index contributed by atoms with van der Waals surface area (Å²) in [6.45, 7) is 4.60. The maximum Gasteiger partial charge on any atom is 1.00 e. The number of carbonyl (C=O) groups excluding carboxylic acids is 4. The predicted molar refractivity (Wildman–Crippen MR) is 311 cm³/mol. The van der Waals surface area contributed by atoms with E-state index in [1.54, 1.807) is 0 Å². The normalized spacial score (nSPS) is 44.3. The van der Waals surface area contributed by atoms with E-state index >= 15 is 0 Å². The van der Waals surface area contributed by atoms with Gasteiger partial charge in [0, 0.05) is 34.3 Å². The van der Waals surface area contributed by atoms with E-state index in [1.807, 2.05) is 0 Å². The molecule has 23 N–H and O–H groups in total. The van der Waals surface area contributed by atoms with E-state index in [2.05, 4.69) is 21.3 Å². The molecule has 36 atom stereocenters. The van der Waals surface area contributed by atoms with Gasteiger partial charge in [0.25, 0.3) is 0 Å². The Morgan fingerprint density at radius 1 is 0.330 bits per heavy atom. The average molecular weight is 1530 g/mol. The molecule has 0 aromatic carbocycles. The zero-order valence-corrected chi connectivity index (χ0v) is 65.8. The van der Waals surface area contributed by atoms with Crippen LogP contribution in [0.4, 0.5) is 0 Å². The van der Waals surface area contributed by atoms with E-state index in [0.29, 0.717) is 13.0 Å². The molecule has 8 rings (SSSR count). The van der Waals surface area contributed by atoms with Gasteiger partial charge in [-0.15, -0.1) is 0 Å². The van der Waals surface area contributed by atoms with Crippen molar-refractivity contribution in [3.8, 4) is 0 Å². The van der Waals surface area contributed by atoms with Crippen LogP contribution < -0.4 is 145 Å². The van der Waals surface area contributed by atoms with E-state index in [0.717, 1.165) is 67.0 Å². The molecule has 8 saturated heterocycles. The summed E-state index contributed by atoms with van der Waals surface area (Å²) >= 11 is 0. The van der Waals surface area contributed by atoms with Gasteiger partial charge in [0.2, 0.25) is 23.6 Å². The van der Waals surface area contributed by atoms with Crippen molar-refractivity contribution in [3.05, 3.63) is 26.4 Å². The molecule has 572 valence electrons. The van der Waals surface area contributed by atoms with Crippen LogP contribution in [0.25, 0.3) is 0 Å². The summed E-state index contributed by atoms with van der Waals surface area (Å²) in [5.41, 5.74) is 5.52. The molecule has 8 aliphatic heterocycles. The van der Waals surface area contributed by atoms with E-state index < -0.39 is 271 Å². The van der Waals surface area contributed by atoms with Gasteiger partial charge in [0.15, 0.2) is 50.3 Å². The van der Waals surface area contributed by atoms with Crippen LogP contribution in [-0.4, -0.2) is 371 Å². The molecule has 4 amide bonds. The minimum atomic E-state index is -2.15. The largest absolute Gasteiger partial charge is 1.00 e. The second-order valence-corrected chi connectivity index (χ2v) is 24.7. The van der Waals surface area contributed by atoms with Crippen molar-refractivity contribution < 1.29 is 300 Å². The Hall–Kier alpha value is 0.520. The van der Waals surface area contributed by atoms with E-state index in [1.165, 1.54) is 0 Å². The van der Waals surface area contributed by atoms with Crippen LogP contribution >= 0.6 is 0 Å². The summed E-state index contributed by atoms with van der Waals surface area (Å²) < 4.78 is 91.9. The van der Waals surface area contributed by atoms with Crippen LogP contribution in [0.2, 0.25) is 0 Å². The van der Waals surface area contributed by atoms with Crippen LogP contribution in [0.5, 0.6) is 0 Å². The van der Waals surface area contributed by atoms with Crippen molar-refractivity contribution in [1.29, 1.82) is 0 Å². The molecule has 0 aliphatic carbocycles. The predicted octanol–water partition coefficient (Wildman–Crippen LogP) is -25.5. The second-order valence-electron chi connectivity index (χ2n) is 24.7. The molecular weight excluding hydrogens is 1440 g/mol. The molecule has 0 bridgehead atoms. The number of hydrogen-bond acceptors (Lipinski definition) is 38. The topological polar surface area (TPSA) is 634 Å². The SMILES string of the molecule is CC(=O)NC1[C@@H](O[C@@H]2[CH-]O[C@@H](O[C@@H]3C(CO)O[C@H](O[C@@H]4[CH-]O[C@@H](O[C@@H]5C(CO)O[C@H](O[C@@H]6[CH-]O[C@@H](O[C@@H]7C(CO)O[C@H](O[C@@H]8[CH-]O[C@@H](OCCCCCN)C(O)[C@@H]8O)C(NC(C)=O)[C@H]7O)C(O)[C@@H]6O)C(NC(C)=O)[C@H]5O)C(O)[C@@H]4O)C(NC(C)=O)[C@H]3O)C(O)[C@@H]2O)OC(CO)[C@@H](O)[C@@H]1O.[Na+].[Na+].[Na+].[Na+]. The third kappa shape index (κ3) is 24.1. The molecule has 0 aromatic heterocycles. The van der Waals surface area contributed by atoms with Crippen LogP contribution in [-0.2, 0) is 95.0 Å². The van der Waals surface area contributed by atoms with Crippen LogP contribution in [0.15, 0.2) is 0 Å². The third-order valence-electron chi connectivity index (χ3n) is 17.3. The molecule has 103 heavy (non-hydrogen) atoms. The maximum absolute atomic E-state index is 12.6. The quantitative estimate of drug-likeness (QED) is 0.0196. The second kappa shape index (κ2) is 44.8. The Morgan fingerprint density at radius 2 is 0.592 bits per heavy atom. The first kappa shape index (κ1) is 95.9. The minimum absolute atomic E-state index is 0. The first-order chi connectivity index (χ1) is 47.0. The minimum Gasteiger partial charge on any atom is -0.525 e. The van der Waals surface area contributed by atoms with Crippen molar-refractivity contribution in [2.75, 3.05) is 39.6 Å². The van der Waals surface area contributed by atoms with E-state index in [4.69, 9.17) is 81.5 Å². The van der Waals surface area contributed by atoms with E-state index in [-0.39, 0.29) is 125 Å². The Kier molecular flexibility index (Phi) is 41.7. The molecule has 12 unspecified atom stereocenters. The molecule has 0 radical (unpaired) electrons. The van der Waals surface area contributed by atoms with Gasteiger partial charge < -0.3 is 190 Å². The molecule has 0 spiro atoms. The molecule has 0 aromatic rings. The van der Waals surface area contributed by atoms with Crippen molar-refractivity contribution >= 4 is 23.6 Å². The Labute approximate surface area is 678 Å². The van der Waals surface area contributed by atoms with Gasteiger partial charge in [-0.2, -0.15) is 26.4 Å². The van der Waals surface area contributed by atoms with Gasteiger partial charge in [-0.25, -0.2) is 0 Å². The van der Waals surface area contributed by atoms with Gasteiger partial charge in [-0.3, -0.25) is 19.2 Å². The summed E-state index contributed by atoms with van der Waals surface area (Å²) in [7, 11) is 0. The summed E-state index contributed by atoms with van der Waals surface area (Å²) in [4.78, 5) is 49.6. The van der Waals surface area contributed by atoms with Crippen LogP contribution in [0.1, 0.15) is 47.0 Å².